The Morgan fingerprint density at radius 3 is 2.67 bits per heavy atom. The second kappa shape index (κ2) is 8.66. The summed E-state index contributed by atoms with van der Waals surface area (Å²) in [6, 6.07) is 12.2. The van der Waals surface area contributed by atoms with Crippen LogP contribution in [0, 0.1) is 6.92 Å². The van der Waals surface area contributed by atoms with Gasteiger partial charge in [-0.15, -0.1) is 0 Å². The first-order chi connectivity index (χ1) is 14.4. The number of benzene rings is 2. The first-order valence-electron chi connectivity index (χ1n) is 9.90. The van der Waals surface area contributed by atoms with E-state index in [2.05, 4.69) is 14.9 Å². The number of nitrogens with one attached hydrogen (secondary N) is 1. The van der Waals surface area contributed by atoms with Crippen LogP contribution in [0.1, 0.15) is 29.0 Å². The standard InChI is InChI=1S/C22H22Cl2N4O2/c1-14-26-18-5-2-3-6-19(18)27(14)10-8-25-21(29)20-7-4-9-28(20)22(30)15-11-16(23)13-17(24)12-15/h2-3,5-6,11-13,20H,4,7-10H2,1H3,(H,25,29). The molecule has 156 valence electrons. The van der Waals surface area contributed by atoms with Crippen molar-refractivity contribution in [3.8, 4) is 0 Å². The Balaban J connectivity index is 1.41. The smallest absolute Gasteiger partial charge is 0.254 e. The van der Waals surface area contributed by atoms with Crippen LogP contribution >= 0.6 is 23.2 Å². The highest BCUT2D eigenvalue weighted by Crippen LogP contribution is 2.24. The van der Waals surface area contributed by atoms with Crippen molar-refractivity contribution in [3.05, 3.63) is 63.9 Å². The molecule has 3 aromatic rings. The molecule has 0 aliphatic carbocycles. The molecule has 6 nitrogen and oxygen atoms in total. The molecule has 1 aromatic heterocycles. The minimum atomic E-state index is -0.490. The Bertz CT molecular complexity index is 1090. The van der Waals surface area contributed by atoms with E-state index >= 15 is 0 Å². The van der Waals surface area contributed by atoms with Crippen molar-refractivity contribution < 1.29 is 9.59 Å². The Morgan fingerprint density at radius 1 is 1.17 bits per heavy atom. The number of nitrogens with zero attached hydrogens (tertiary/aromatic N) is 3. The van der Waals surface area contributed by atoms with E-state index in [0.29, 0.717) is 41.7 Å². The molecule has 8 heteroatoms. The molecule has 1 fully saturated rings. The van der Waals surface area contributed by atoms with Crippen LogP contribution in [-0.4, -0.2) is 45.4 Å². The minimum absolute atomic E-state index is 0.143. The molecule has 1 unspecified atom stereocenters. The van der Waals surface area contributed by atoms with Gasteiger partial charge in [-0.2, -0.15) is 0 Å². The summed E-state index contributed by atoms with van der Waals surface area (Å²) in [4.78, 5) is 31.9. The van der Waals surface area contributed by atoms with Crippen LogP contribution in [0.2, 0.25) is 10.0 Å². The maximum absolute atomic E-state index is 12.9. The van der Waals surface area contributed by atoms with Gasteiger partial charge in [0.1, 0.15) is 11.9 Å². The second-order valence-corrected chi connectivity index (χ2v) is 8.28. The summed E-state index contributed by atoms with van der Waals surface area (Å²) in [6.45, 7) is 3.56. The van der Waals surface area contributed by atoms with Gasteiger partial charge in [0.15, 0.2) is 0 Å². The van der Waals surface area contributed by atoms with Crippen molar-refractivity contribution in [2.24, 2.45) is 0 Å². The molecular weight excluding hydrogens is 423 g/mol. The van der Waals surface area contributed by atoms with Crippen molar-refractivity contribution in [1.82, 2.24) is 19.8 Å². The molecule has 4 rings (SSSR count). The highest BCUT2D eigenvalue weighted by molar-refractivity contribution is 6.35. The quantitative estimate of drug-likeness (QED) is 0.644. The van der Waals surface area contributed by atoms with E-state index in [1.807, 2.05) is 31.2 Å². The van der Waals surface area contributed by atoms with Crippen LogP contribution in [0.15, 0.2) is 42.5 Å². The summed E-state index contributed by atoms with van der Waals surface area (Å²) in [6.07, 6.45) is 1.42. The maximum Gasteiger partial charge on any atom is 0.254 e. The number of para-hydroxylation sites is 2. The number of likely N-dealkylation sites (tertiary alicyclic amines) is 1. The van der Waals surface area contributed by atoms with E-state index in [1.165, 1.54) is 0 Å². The molecule has 1 N–H and O–H groups in total. The number of imidazole rings is 1. The average Bonchev–Trinajstić information content (AvgIpc) is 3.31. The van der Waals surface area contributed by atoms with Gasteiger partial charge in [0.25, 0.3) is 5.91 Å². The Labute approximate surface area is 184 Å². The van der Waals surface area contributed by atoms with E-state index in [0.717, 1.165) is 23.3 Å². The predicted molar refractivity (Wildman–Crippen MR) is 118 cm³/mol. The fourth-order valence-corrected chi connectivity index (χ4v) is 4.54. The molecule has 1 atom stereocenters. The van der Waals surface area contributed by atoms with Crippen molar-refractivity contribution >= 4 is 46.0 Å². The molecular formula is C22H22Cl2N4O2. The van der Waals surface area contributed by atoms with Crippen LogP contribution in [0.4, 0.5) is 0 Å². The Kier molecular flexibility index (Phi) is 5.97. The number of fused-ring (bicyclic) bond motifs is 1. The van der Waals surface area contributed by atoms with Crippen LogP contribution in [0.25, 0.3) is 11.0 Å². The average molecular weight is 445 g/mol. The lowest BCUT2D eigenvalue weighted by Gasteiger charge is -2.24. The number of hydrogen-bond acceptors (Lipinski definition) is 3. The van der Waals surface area contributed by atoms with Gasteiger partial charge in [-0.1, -0.05) is 35.3 Å². The molecule has 1 aliphatic rings. The zero-order chi connectivity index (χ0) is 21.3. The molecule has 30 heavy (non-hydrogen) atoms. The van der Waals surface area contributed by atoms with Crippen LogP contribution < -0.4 is 5.32 Å². The molecule has 2 heterocycles. The summed E-state index contributed by atoms with van der Waals surface area (Å²) in [5, 5.41) is 3.77. The van der Waals surface area contributed by atoms with Crippen molar-refractivity contribution in [3.63, 3.8) is 0 Å². The van der Waals surface area contributed by atoms with Crippen molar-refractivity contribution in [1.29, 1.82) is 0 Å². The fourth-order valence-electron chi connectivity index (χ4n) is 4.01. The van der Waals surface area contributed by atoms with E-state index in [4.69, 9.17) is 23.2 Å². The molecule has 2 amide bonds. The molecule has 1 saturated heterocycles. The number of hydrogen-bond donors (Lipinski definition) is 1. The summed E-state index contributed by atoms with van der Waals surface area (Å²) in [7, 11) is 0. The van der Waals surface area contributed by atoms with E-state index in [9.17, 15) is 9.59 Å². The van der Waals surface area contributed by atoms with Crippen LogP contribution in [-0.2, 0) is 11.3 Å². The molecule has 0 radical (unpaired) electrons. The van der Waals surface area contributed by atoms with Crippen LogP contribution in [0.5, 0.6) is 0 Å². The minimum Gasteiger partial charge on any atom is -0.353 e. The number of amides is 2. The molecule has 0 spiro atoms. The number of carbonyl (C=O) groups is 2. The fraction of sp³-hybridized carbons (Fsp3) is 0.318. The first kappa shape index (κ1) is 20.7. The summed E-state index contributed by atoms with van der Waals surface area (Å²) >= 11 is 12.1. The highest BCUT2D eigenvalue weighted by Gasteiger charge is 2.34. The second-order valence-electron chi connectivity index (χ2n) is 7.41. The number of halogens is 2. The monoisotopic (exact) mass is 444 g/mol. The third-order valence-electron chi connectivity index (χ3n) is 5.41. The maximum atomic E-state index is 12.9. The normalized spacial score (nSPS) is 16.2. The Hall–Kier alpha value is -2.57. The van der Waals surface area contributed by atoms with Gasteiger partial charge < -0.3 is 14.8 Å². The van der Waals surface area contributed by atoms with Gasteiger partial charge >= 0.3 is 0 Å². The SMILES string of the molecule is Cc1nc2ccccc2n1CCNC(=O)C1CCCN1C(=O)c1cc(Cl)cc(Cl)c1. The Morgan fingerprint density at radius 2 is 1.90 bits per heavy atom. The number of aromatic nitrogens is 2. The van der Waals surface area contributed by atoms with Crippen molar-refractivity contribution in [2.45, 2.75) is 32.4 Å². The third-order valence-corrected chi connectivity index (χ3v) is 5.84. The first-order valence-corrected chi connectivity index (χ1v) is 10.7. The highest BCUT2D eigenvalue weighted by atomic mass is 35.5. The van der Waals surface area contributed by atoms with Gasteiger partial charge in [-0.3, -0.25) is 9.59 Å². The van der Waals surface area contributed by atoms with Crippen molar-refractivity contribution in [2.75, 3.05) is 13.1 Å². The number of carbonyl (C=O) groups excluding carboxylic acids is 2. The topological polar surface area (TPSA) is 67.2 Å². The zero-order valence-corrected chi connectivity index (χ0v) is 18.1. The molecule has 1 aliphatic heterocycles. The van der Waals surface area contributed by atoms with Gasteiger partial charge in [0.05, 0.1) is 11.0 Å². The number of rotatable bonds is 5. The van der Waals surface area contributed by atoms with Gasteiger partial charge in [0, 0.05) is 35.2 Å². The van der Waals surface area contributed by atoms with Gasteiger partial charge in [0.2, 0.25) is 5.91 Å². The largest absolute Gasteiger partial charge is 0.353 e. The van der Waals surface area contributed by atoms with E-state index < -0.39 is 6.04 Å². The third kappa shape index (κ3) is 4.16. The molecule has 0 bridgehead atoms. The summed E-state index contributed by atoms with van der Waals surface area (Å²) in [5.74, 6) is 0.533. The lowest BCUT2D eigenvalue weighted by atomic mass is 10.1. The van der Waals surface area contributed by atoms with Crippen LogP contribution in [0.3, 0.4) is 0 Å². The lowest BCUT2D eigenvalue weighted by Crippen LogP contribution is -2.46. The molecule has 0 saturated carbocycles. The summed E-state index contributed by atoms with van der Waals surface area (Å²) < 4.78 is 2.08. The zero-order valence-electron chi connectivity index (χ0n) is 16.6. The van der Waals surface area contributed by atoms with Gasteiger partial charge in [-0.05, 0) is 50.1 Å². The lowest BCUT2D eigenvalue weighted by molar-refractivity contribution is -0.124. The molecule has 2 aromatic carbocycles. The predicted octanol–water partition coefficient (Wildman–Crippen LogP) is 4.07. The number of aryl methyl sites for hydroxylation is 1. The summed E-state index contributed by atoms with van der Waals surface area (Å²) in [5.41, 5.74) is 2.38. The van der Waals surface area contributed by atoms with E-state index in [1.54, 1.807) is 23.1 Å². The van der Waals surface area contributed by atoms with E-state index in [-0.39, 0.29) is 11.8 Å². The van der Waals surface area contributed by atoms with Gasteiger partial charge in [-0.25, -0.2) is 4.98 Å².